The van der Waals surface area contributed by atoms with Crippen LogP contribution in [-0.4, -0.2) is 72.5 Å². The molecule has 1 heterocycles. The molecule has 0 saturated carbocycles. The molecule has 172 valence electrons. The largest absolute Gasteiger partial charge is 0.455 e. The first kappa shape index (κ1) is 23.5. The number of hydrogen-bond acceptors (Lipinski definition) is 4. The van der Waals surface area contributed by atoms with E-state index >= 15 is 0 Å². The minimum atomic E-state index is -0.562. The van der Waals surface area contributed by atoms with Gasteiger partial charge in [-0.3, -0.25) is 9.69 Å². The van der Waals surface area contributed by atoms with Gasteiger partial charge in [-0.1, -0.05) is 24.3 Å². The molecule has 1 N–H and O–H groups in total. The lowest BCUT2D eigenvalue weighted by Gasteiger charge is -2.25. The molecular formula is C24H31FN4O3. The molecule has 0 aromatic heterocycles. The van der Waals surface area contributed by atoms with E-state index in [1.54, 1.807) is 29.2 Å². The van der Waals surface area contributed by atoms with Crippen molar-refractivity contribution in [1.29, 1.82) is 0 Å². The number of nitrogens with zero attached hydrogens (tertiary/aromatic N) is 3. The highest BCUT2D eigenvalue weighted by Crippen LogP contribution is 2.32. The van der Waals surface area contributed by atoms with Crippen molar-refractivity contribution in [2.45, 2.75) is 20.3 Å². The van der Waals surface area contributed by atoms with Crippen LogP contribution in [0.5, 0.6) is 11.5 Å². The van der Waals surface area contributed by atoms with Crippen molar-refractivity contribution in [2.75, 3.05) is 51.1 Å². The smallest absolute Gasteiger partial charge is 0.322 e. The summed E-state index contributed by atoms with van der Waals surface area (Å²) >= 11 is 0. The first-order valence-corrected chi connectivity index (χ1v) is 11.1. The van der Waals surface area contributed by atoms with E-state index in [0.29, 0.717) is 45.0 Å². The number of halogens is 1. The SMILES string of the molecule is CCN(CC)C(=O)CN1CCCN(C(=O)Nc2c(F)cccc2Oc2ccccc2)CC1. The molecule has 2 aromatic rings. The molecular weight excluding hydrogens is 411 g/mol. The van der Waals surface area contributed by atoms with Crippen LogP contribution in [0.1, 0.15) is 20.3 Å². The summed E-state index contributed by atoms with van der Waals surface area (Å²) in [5.74, 6) is 0.331. The maximum atomic E-state index is 14.5. The van der Waals surface area contributed by atoms with Gasteiger partial charge >= 0.3 is 6.03 Å². The molecule has 0 bridgehead atoms. The van der Waals surface area contributed by atoms with Crippen LogP contribution in [0.25, 0.3) is 0 Å². The van der Waals surface area contributed by atoms with Crippen LogP contribution in [0.15, 0.2) is 48.5 Å². The zero-order valence-electron chi connectivity index (χ0n) is 18.7. The molecule has 3 amide bonds. The van der Waals surface area contributed by atoms with Crippen LogP contribution < -0.4 is 10.1 Å². The van der Waals surface area contributed by atoms with Gasteiger partial charge in [-0.2, -0.15) is 0 Å². The Bertz CT molecular complexity index is 905. The quantitative estimate of drug-likeness (QED) is 0.703. The second-order valence-electron chi connectivity index (χ2n) is 7.64. The van der Waals surface area contributed by atoms with Gasteiger partial charge in [0.25, 0.3) is 0 Å². The van der Waals surface area contributed by atoms with E-state index in [4.69, 9.17) is 4.74 Å². The minimum Gasteiger partial charge on any atom is -0.455 e. The highest BCUT2D eigenvalue weighted by atomic mass is 19.1. The summed E-state index contributed by atoms with van der Waals surface area (Å²) in [6, 6.07) is 13.1. The number of benzene rings is 2. The van der Waals surface area contributed by atoms with Crippen LogP contribution in [0, 0.1) is 5.82 Å². The molecule has 1 fully saturated rings. The van der Waals surface area contributed by atoms with Crippen molar-refractivity contribution in [3.8, 4) is 11.5 Å². The van der Waals surface area contributed by atoms with E-state index in [0.717, 1.165) is 13.0 Å². The Kier molecular flexibility index (Phi) is 8.44. The Morgan fingerprint density at radius 1 is 1.00 bits per heavy atom. The number of anilines is 1. The molecule has 7 nitrogen and oxygen atoms in total. The number of urea groups is 1. The number of rotatable bonds is 7. The second kappa shape index (κ2) is 11.5. The molecule has 32 heavy (non-hydrogen) atoms. The lowest BCUT2D eigenvalue weighted by molar-refractivity contribution is -0.132. The van der Waals surface area contributed by atoms with Crippen molar-refractivity contribution in [3.63, 3.8) is 0 Å². The first-order chi connectivity index (χ1) is 15.5. The maximum Gasteiger partial charge on any atom is 0.322 e. The predicted octanol–water partition coefficient (Wildman–Crippen LogP) is 4.03. The number of likely N-dealkylation sites (N-methyl/N-ethyl adjacent to an activating group) is 1. The zero-order valence-corrected chi connectivity index (χ0v) is 18.7. The van der Waals surface area contributed by atoms with Crippen molar-refractivity contribution >= 4 is 17.6 Å². The molecule has 2 aromatic carbocycles. The average molecular weight is 443 g/mol. The molecule has 1 aliphatic rings. The van der Waals surface area contributed by atoms with Crippen molar-refractivity contribution in [3.05, 3.63) is 54.3 Å². The minimum absolute atomic E-state index is 0.0131. The van der Waals surface area contributed by atoms with E-state index in [1.165, 1.54) is 6.07 Å². The Morgan fingerprint density at radius 2 is 1.75 bits per heavy atom. The predicted molar refractivity (Wildman–Crippen MR) is 122 cm³/mol. The van der Waals surface area contributed by atoms with Gasteiger partial charge in [-0.25, -0.2) is 9.18 Å². The van der Waals surface area contributed by atoms with Gasteiger partial charge in [0.15, 0.2) is 11.6 Å². The standard InChI is InChI=1S/C24H31FN4O3/c1-3-28(4-2)22(30)18-27-14-9-15-29(17-16-27)24(31)26-23-20(25)12-8-13-21(23)32-19-10-6-5-7-11-19/h5-8,10-13H,3-4,9,14-18H2,1-2H3,(H,26,31). The van der Waals surface area contributed by atoms with Gasteiger partial charge in [0.2, 0.25) is 5.91 Å². The number of amides is 3. The molecule has 1 aliphatic heterocycles. The van der Waals surface area contributed by atoms with Crippen molar-refractivity contribution < 1.29 is 18.7 Å². The molecule has 0 atom stereocenters. The molecule has 0 radical (unpaired) electrons. The summed E-state index contributed by atoms with van der Waals surface area (Å²) in [6.45, 7) is 7.97. The molecule has 1 saturated heterocycles. The second-order valence-corrected chi connectivity index (χ2v) is 7.64. The lowest BCUT2D eigenvalue weighted by Crippen LogP contribution is -2.42. The number of ether oxygens (including phenoxy) is 1. The summed E-state index contributed by atoms with van der Waals surface area (Å²) in [7, 11) is 0. The fraction of sp³-hybridized carbons (Fsp3) is 0.417. The molecule has 8 heteroatoms. The highest BCUT2D eigenvalue weighted by Gasteiger charge is 2.23. The number of carbonyl (C=O) groups excluding carboxylic acids is 2. The summed E-state index contributed by atoms with van der Waals surface area (Å²) in [5, 5.41) is 2.68. The van der Waals surface area contributed by atoms with E-state index in [2.05, 4.69) is 10.2 Å². The van der Waals surface area contributed by atoms with E-state index in [-0.39, 0.29) is 23.4 Å². The first-order valence-electron chi connectivity index (χ1n) is 11.1. The Labute approximate surface area is 188 Å². The Morgan fingerprint density at radius 3 is 2.47 bits per heavy atom. The van der Waals surface area contributed by atoms with Crippen LogP contribution in [-0.2, 0) is 4.79 Å². The Balaban J connectivity index is 1.62. The topological polar surface area (TPSA) is 65.1 Å². The molecule has 3 rings (SSSR count). The monoisotopic (exact) mass is 442 g/mol. The summed E-state index contributed by atoms with van der Waals surface area (Å²) in [4.78, 5) is 30.8. The molecule has 0 aliphatic carbocycles. The maximum absolute atomic E-state index is 14.5. The summed E-state index contributed by atoms with van der Waals surface area (Å²) in [6.07, 6.45) is 0.740. The molecule has 0 unspecified atom stereocenters. The van der Waals surface area contributed by atoms with Crippen LogP contribution >= 0.6 is 0 Å². The lowest BCUT2D eigenvalue weighted by atomic mass is 10.2. The van der Waals surface area contributed by atoms with E-state index in [9.17, 15) is 14.0 Å². The Hall–Kier alpha value is -3.13. The van der Waals surface area contributed by atoms with Crippen LogP contribution in [0.2, 0.25) is 0 Å². The normalized spacial score (nSPS) is 14.5. The van der Waals surface area contributed by atoms with Gasteiger partial charge in [0.1, 0.15) is 11.4 Å². The number of carbonyl (C=O) groups is 2. The van der Waals surface area contributed by atoms with Gasteiger partial charge in [-0.15, -0.1) is 0 Å². The third-order valence-corrected chi connectivity index (χ3v) is 5.53. The number of nitrogens with one attached hydrogen (secondary N) is 1. The highest BCUT2D eigenvalue weighted by molar-refractivity contribution is 5.91. The zero-order chi connectivity index (χ0) is 22.9. The van der Waals surface area contributed by atoms with Crippen LogP contribution in [0.3, 0.4) is 0 Å². The third-order valence-electron chi connectivity index (χ3n) is 5.53. The van der Waals surface area contributed by atoms with Gasteiger partial charge in [0.05, 0.1) is 6.54 Å². The number of hydrogen-bond donors (Lipinski definition) is 1. The average Bonchev–Trinajstić information content (AvgIpc) is 3.03. The van der Waals surface area contributed by atoms with Crippen LogP contribution in [0.4, 0.5) is 14.9 Å². The van der Waals surface area contributed by atoms with Crippen molar-refractivity contribution in [2.24, 2.45) is 0 Å². The number of para-hydroxylation sites is 2. The molecule has 0 spiro atoms. The van der Waals surface area contributed by atoms with Gasteiger partial charge < -0.3 is 19.9 Å². The van der Waals surface area contributed by atoms with Crippen molar-refractivity contribution in [1.82, 2.24) is 14.7 Å². The summed E-state index contributed by atoms with van der Waals surface area (Å²) < 4.78 is 20.3. The fourth-order valence-corrected chi connectivity index (χ4v) is 3.71. The van der Waals surface area contributed by atoms with E-state index < -0.39 is 5.82 Å². The van der Waals surface area contributed by atoms with E-state index in [1.807, 2.05) is 36.9 Å². The third kappa shape index (κ3) is 6.20. The fourth-order valence-electron chi connectivity index (χ4n) is 3.71. The van der Waals surface area contributed by atoms with Gasteiger partial charge in [-0.05, 0) is 44.5 Å². The van der Waals surface area contributed by atoms with Gasteiger partial charge in [0, 0.05) is 39.3 Å². The summed E-state index contributed by atoms with van der Waals surface area (Å²) in [5.41, 5.74) is 0.0131.